The summed E-state index contributed by atoms with van der Waals surface area (Å²) >= 11 is 0. The third-order valence-electron chi connectivity index (χ3n) is 4.71. The van der Waals surface area contributed by atoms with E-state index in [0.29, 0.717) is 17.7 Å². The van der Waals surface area contributed by atoms with E-state index in [4.69, 9.17) is 0 Å². The molecule has 1 aromatic heterocycles. The van der Waals surface area contributed by atoms with Gasteiger partial charge in [-0.1, -0.05) is 30.3 Å². The summed E-state index contributed by atoms with van der Waals surface area (Å²) in [5, 5.41) is 5.77. The average molecular weight is 395 g/mol. The molecule has 0 radical (unpaired) electrons. The molecular weight excluding hydrogens is 374 g/mol. The van der Waals surface area contributed by atoms with E-state index < -0.39 is 0 Å². The van der Waals surface area contributed by atoms with Crippen molar-refractivity contribution in [2.24, 2.45) is 0 Å². The maximum atomic E-state index is 12.5. The molecule has 0 fully saturated rings. The van der Waals surface area contributed by atoms with Gasteiger partial charge in [-0.15, -0.1) is 0 Å². The first kappa shape index (κ1) is 19.2. The molecule has 3 aromatic carbocycles. The third kappa shape index (κ3) is 4.64. The van der Waals surface area contributed by atoms with Crippen molar-refractivity contribution in [2.45, 2.75) is 6.54 Å². The fourth-order valence-corrected chi connectivity index (χ4v) is 3.12. The summed E-state index contributed by atoms with van der Waals surface area (Å²) in [6.07, 6.45) is 3.91. The topological polar surface area (TPSA) is 63.1 Å². The molecule has 0 unspecified atom stereocenters. The summed E-state index contributed by atoms with van der Waals surface area (Å²) in [6.45, 7) is 0.338. The largest absolute Gasteiger partial charge is 0.348 e. The highest BCUT2D eigenvalue weighted by molar-refractivity contribution is 6.04. The van der Waals surface area contributed by atoms with Crippen LogP contribution in [-0.4, -0.2) is 16.4 Å². The molecule has 0 atom stereocenters. The number of carbonyl (C=O) groups excluding carboxylic acids is 2. The fourth-order valence-electron chi connectivity index (χ4n) is 3.12. The lowest BCUT2D eigenvalue weighted by Gasteiger charge is -2.09. The molecule has 4 rings (SSSR count). The van der Waals surface area contributed by atoms with Crippen molar-refractivity contribution in [1.82, 2.24) is 9.88 Å². The Morgan fingerprint density at radius 1 is 0.700 bits per heavy atom. The molecule has 5 nitrogen and oxygen atoms in total. The van der Waals surface area contributed by atoms with E-state index in [0.717, 1.165) is 16.9 Å². The van der Waals surface area contributed by atoms with Crippen molar-refractivity contribution < 1.29 is 9.59 Å². The van der Waals surface area contributed by atoms with Crippen molar-refractivity contribution in [1.29, 1.82) is 0 Å². The van der Waals surface area contributed by atoms with Crippen LogP contribution < -0.4 is 10.6 Å². The standard InChI is InChI=1S/C25H21N3O2/c29-24(20-11-13-23(14-12-20)28-15-4-5-16-28)26-18-19-7-6-8-21(17-19)25(30)27-22-9-2-1-3-10-22/h1-17H,18H2,(H,26,29)(H,27,30). The molecule has 0 aliphatic heterocycles. The lowest BCUT2D eigenvalue weighted by molar-refractivity contribution is 0.0950. The van der Waals surface area contributed by atoms with Gasteiger partial charge in [-0.25, -0.2) is 0 Å². The van der Waals surface area contributed by atoms with Crippen LogP contribution in [0, 0.1) is 0 Å². The Labute approximate surface area is 175 Å². The summed E-state index contributed by atoms with van der Waals surface area (Å²) in [7, 11) is 0. The number of nitrogens with zero attached hydrogens (tertiary/aromatic N) is 1. The summed E-state index contributed by atoms with van der Waals surface area (Å²) < 4.78 is 1.98. The minimum absolute atomic E-state index is 0.159. The van der Waals surface area contributed by atoms with Crippen LogP contribution in [0.3, 0.4) is 0 Å². The number of para-hydroxylation sites is 1. The number of benzene rings is 3. The quantitative estimate of drug-likeness (QED) is 0.499. The van der Waals surface area contributed by atoms with E-state index >= 15 is 0 Å². The Morgan fingerprint density at radius 3 is 2.17 bits per heavy atom. The van der Waals surface area contributed by atoms with E-state index in [1.807, 2.05) is 83.7 Å². The SMILES string of the molecule is O=C(NCc1cccc(C(=O)Nc2ccccc2)c1)c1ccc(-n2cccc2)cc1. The fraction of sp³-hybridized carbons (Fsp3) is 0.0400. The van der Waals surface area contributed by atoms with Gasteiger partial charge in [-0.2, -0.15) is 0 Å². The van der Waals surface area contributed by atoms with Gasteiger partial charge in [-0.3, -0.25) is 9.59 Å². The highest BCUT2D eigenvalue weighted by Crippen LogP contribution is 2.12. The van der Waals surface area contributed by atoms with Gasteiger partial charge in [-0.05, 0) is 66.2 Å². The molecule has 0 saturated heterocycles. The van der Waals surface area contributed by atoms with Crippen LogP contribution in [0.15, 0.2) is 103 Å². The third-order valence-corrected chi connectivity index (χ3v) is 4.71. The van der Waals surface area contributed by atoms with E-state index in [-0.39, 0.29) is 11.8 Å². The number of amides is 2. The van der Waals surface area contributed by atoms with E-state index in [2.05, 4.69) is 10.6 Å². The molecule has 4 aromatic rings. The molecule has 30 heavy (non-hydrogen) atoms. The average Bonchev–Trinajstić information content (AvgIpc) is 3.33. The van der Waals surface area contributed by atoms with E-state index in [1.54, 1.807) is 24.3 Å². The Kier molecular flexibility index (Phi) is 5.71. The van der Waals surface area contributed by atoms with Crippen LogP contribution in [0.4, 0.5) is 5.69 Å². The number of hydrogen-bond donors (Lipinski definition) is 2. The van der Waals surface area contributed by atoms with Gasteiger partial charge in [0.25, 0.3) is 11.8 Å². The number of aromatic nitrogens is 1. The van der Waals surface area contributed by atoms with E-state index in [1.165, 1.54) is 0 Å². The van der Waals surface area contributed by atoms with Crippen molar-refractivity contribution in [3.05, 3.63) is 120 Å². The van der Waals surface area contributed by atoms with E-state index in [9.17, 15) is 9.59 Å². The van der Waals surface area contributed by atoms with Crippen LogP contribution in [0.1, 0.15) is 26.3 Å². The van der Waals surface area contributed by atoms with Gasteiger partial charge < -0.3 is 15.2 Å². The molecule has 148 valence electrons. The Balaban J connectivity index is 1.37. The normalized spacial score (nSPS) is 10.4. The zero-order chi connectivity index (χ0) is 20.8. The van der Waals surface area contributed by atoms with Gasteiger partial charge in [0.05, 0.1) is 0 Å². The summed E-state index contributed by atoms with van der Waals surface area (Å²) in [4.78, 5) is 24.9. The zero-order valence-corrected chi connectivity index (χ0v) is 16.3. The minimum Gasteiger partial charge on any atom is -0.348 e. The maximum Gasteiger partial charge on any atom is 0.255 e. The summed E-state index contributed by atoms with van der Waals surface area (Å²) in [5.74, 6) is -0.344. The highest BCUT2D eigenvalue weighted by atomic mass is 16.2. The van der Waals surface area contributed by atoms with Crippen LogP contribution in [-0.2, 0) is 6.54 Å². The Bertz CT molecular complexity index is 1130. The van der Waals surface area contributed by atoms with Crippen LogP contribution >= 0.6 is 0 Å². The molecule has 0 aliphatic rings. The molecular formula is C25H21N3O2. The Hall–Kier alpha value is -4.12. The van der Waals surface area contributed by atoms with Crippen molar-refractivity contribution in [2.75, 3.05) is 5.32 Å². The number of rotatable bonds is 6. The number of carbonyl (C=O) groups is 2. The molecule has 0 bridgehead atoms. The van der Waals surface area contributed by atoms with Gasteiger partial charge >= 0.3 is 0 Å². The van der Waals surface area contributed by atoms with Gasteiger partial charge in [0, 0.05) is 41.4 Å². The summed E-state index contributed by atoms with van der Waals surface area (Å²) in [6, 6.07) is 27.9. The summed E-state index contributed by atoms with van der Waals surface area (Å²) in [5.41, 5.74) is 3.72. The van der Waals surface area contributed by atoms with Gasteiger partial charge in [0.1, 0.15) is 0 Å². The van der Waals surface area contributed by atoms with Crippen LogP contribution in [0.5, 0.6) is 0 Å². The monoisotopic (exact) mass is 395 g/mol. The molecule has 0 saturated carbocycles. The Morgan fingerprint density at radius 2 is 1.43 bits per heavy atom. The second-order valence-electron chi connectivity index (χ2n) is 6.84. The lowest BCUT2D eigenvalue weighted by Crippen LogP contribution is -2.23. The zero-order valence-electron chi connectivity index (χ0n) is 16.3. The van der Waals surface area contributed by atoms with Crippen molar-refractivity contribution >= 4 is 17.5 Å². The second kappa shape index (κ2) is 8.92. The van der Waals surface area contributed by atoms with Gasteiger partial charge in [0.2, 0.25) is 0 Å². The second-order valence-corrected chi connectivity index (χ2v) is 6.84. The molecule has 2 N–H and O–H groups in total. The van der Waals surface area contributed by atoms with Crippen LogP contribution in [0.25, 0.3) is 5.69 Å². The smallest absolute Gasteiger partial charge is 0.255 e. The minimum atomic E-state index is -0.185. The lowest BCUT2D eigenvalue weighted by atomic mass is 10.1. The maximum absolute atomic E-state index is 12.5. The predicted octanol–water partition coefficient (Wildman–Crippen LogP) is 4.66. The number of nitrogens with one attached hydrogen (secondary N) is 2. The first-order valence-corrected chi connectivity index (χ1v) is 9.66. The molecule has 1 heterocycles. The number of hydrogen-bond acceptors (Lipinski definition) is 2. The van der Waals surface area contributed by atoms with Crippen molar-refractivity contribution in [3.8, 4) is 5.69 Å². The molecule has 2 amide bonds. The first-order valence-electron chi connectivity index (χ1n) is 9.66. The molecule has 0 aliphatic carbocycles. The predicted molar refractivity (Wildman–Crippen MR) is 118 cm³/mol. The van der Waals surface area contributed by atoms with Gasteiger partial charge in [0.15, 0.2) is 0 Å². The number of anilines is 1. The molecule has 5 heteroatoms. The highest BCUT2D eigenvalue weighted by Gasteiger charge is 2.09. The van der Waals surface area contributed by atoms with Crippen LogP contribution in [0.2, 0.25) is 0 Å². The van der Waals surface area contributed by atoms with Crippen molar-refractivity contribution in [3.63, 3.8) is 0 Å². The molecule has 0 spiro atoms. The first-order chi connectivity index (χ1) is 14.7.